The van der Waals surface area contributed by atoms with Crippen molar-refractivity contribution >= 4 is 18.3 Å². The minimum Gasteiger partial charge on any atom is -0.493 e. The van der Waals surface area contributed by atoms with E-state index in [1.54, 1.807) is 34.5 Å². The fraction of sp³-hybridized carbons (Fsp3) is 0.588. The van der Waals surface area contributed by atoms with E-state index in [0.29, 0.717) is 36.6 Å². The molecule has 1 amide bonds. The number of hydrogen-bond acceptors (Lipinski definition) is 6. The molecule has 142 valence electrons. The van der Waals surface area contributed by atoms with Gasteiger partial charge in [0.2, 0.25) is 5.75 Å². The number of piperidine rings is 1. The van der Waals surface area contributed by atoms with E-state index < -0.39 is 5.60 Å². The third kappa shape index (κ3) is 4.48. The Labute approximate surface area is 154 Å². The average molecular weight is 375 g/mol. The van der Waals surface area contributed by atoms with Crippen molar-refractivity contribution in [3.8, 4) is 17.2 Å². The lowest BCUT2D eigenvalue weighted by molar-refractivity contribution is -0.146. The summed E-state index contributed by atoms with van der Waals surface area (Å²) in [5.41, 5.74) is 0.0402. The van der Waals surface area contributed by atoms with E-state index in [-0.39, 0.29) is 18.3 Å². The van der Waals surface area contributed by atoms with Crippen molar-refractivity contribution < 1.29 is 23.7 Å². The number of carbonyl (C=O) groups is 1. The Morgan fingerprint density at radius 3 is 2.24 bits per heavy atom. The maximum Gasteiger partial charge on any atom is 0.252 e. The van der Waals surface area contributed by atoms with E-state index in [9.17, 15) is 4.79 Å². The Bertz CT molecular complexity index is 576. The number of amides is 1. The first-order valence-corrected chi connectivity index (χ1v) is 7.94. The molecular formula is C17H27ClN2O5. The zero-order valence-electron chi connectivity index (χ0n) is 15.1. The summed E-state index contributed by atoms with van der Waals surface area (Å²) in [7, 11) is 6.27. The third-order valence-electron chi connectivity index (χ3n) is 4.44. The molecule has 0 saturated carbocycles. The Kier molecular flexibility index (Phi) is 8.28. The number of nitrogens with one attached hydrogen (secondary N) is 2. The van der Waals surface area contributed by atoms with E-state index in [4.69, 9.17) is 18.9 Å². The molecule has 0 aromatic heterocycles. The molecule has 0 radical (unpaired) electrons. The van der Waals surface area contributed by atoms with E-state index in [1.807, 2.05) is 6.07 Å². The number of rotatable bonds is 7. The highest BCUT2D eigenvalue weighted by Crippen LogP contribution is 2.39. The highest BCUT2D eigenvalue weighted by molar-refractivity contribution is 5.85. The van der Waals surface area contributed by atoms with Crippen LogP contribution >= 0.6 is 12.4 Å². The van der Waals surface area contributed by atoms with Crippen molar-refractivity contribution in [1.29, 1.82) is 0 Å². The third-order valence-corrected chi connectivity index (χ3v) is 4.44. The lowest BCUT2D eigenvalue weighted by Gasteiger charge is -2.34. The van der Waals surface area contributed by atoms with Crippen LogP contribution in [0.25, 0.3) is 0 Å². The Morgan fingerprint density at radius 1 is 1.08 bits per heavy atom. The second-order valence-electron chi connectivity index (χ2n) is 5.62. The Morgan fingerprint density at radius 2 is 1.72 bits per heavy atom. The fourth-order valence-corrected chi connectivity index (χ4v) is 2.99. The summed E-state index contributed by atoms with van der Waals surface area (Å²) in [6, 6.07) is 3.64. The Balaban J connectivity index is 0.00000312. The van der Waals surface area contributed by atoms with Crippen LogP contribution in [0.5, 0.6) is 17.2 Å². The number of carbonyl (C=O) groups excluding carboxylic acids is 1. The first-order chi connectivity index (χ1) is 11.6. The highest BCUT2D eigenvalue weighted by atomic mass is 35.5. The quantitative estimate of drug-likeness (QED) is 0.753. The predicted molar refractivity (Wildman–Crippen MR) is 97.0 cm³/mol. The second kappa shape index (κ2) is 9.70. The topological polar surface area (TPSA) is 78.1 Å². The monoisotopic (exact) mass is 374 g/mol. The minimum absolute atomic E-state index is 0. The van der Waals surface area contributed by atoms with E-state index in [2.05, 4.69) is 10.6 Å². The molecule has 1 heterocycles. The summed E-state index contributed by atoms with van der Waals surface area (Å²) >= 11 is 0. The van der Waals surface area contributed by atoms with Crippen LogP contribution in [0.3, 0.4) is 0 Å². The number of benzene rings is 1. The zero-order valence-corrected chi connectivity index (χ0v) is 16.0. The van der Waals surface area contributed by atoms with Crippen LogP contribution in [0.2, 0.25) is 0 Å². The van der Waals surface area contributed by atoms with Crippen molar-refractivity contribution in [3.05, 3.63) is 17.7 Å². The molecule has 25 heavy (non-hydrogen) atoms. The average Bonchev–Trinajstić information content (AvgIpc) is 2.65. The standard InChI is InChI=1S/C17H26N2O5.ClH/c1-21-13-6-5-12(14(22-2)15(13)23-3)11-19-16(20)17(24-4)7-9-18-10-8-17;/h5-6,18H,7-11H2,1-4H3,(H,19,20);1H. The molecule has 0 aliphatic carbocycles. The lowest BCUT2D eigenvalue weighted by atomic mass is 9.91. The van der Waals surface area contributed by atoms with Crippen molar-refractivity contribution in [2.24, 2.45) is 0 Å². The largest absolute Gasteiger partial charge is 0.493 e. The summed E-state index contributed by atoms with van der Waals surface area (Å²) in [5, 5.41) is 6.19. The summed E-state index contributed by atoms with van der Waals surface area (Å²) in [6.45, 7) is 1.85. The van der Waals surface area contributed by atoms with Crippen molar-refractivity contribution in [2.45, 2.75) is 25.0 Å². The van der Waals surface area contributed by atoms with Gasteiger partial charge in [-0.3, -0.25) is 4.79 Å². The molecule has 0 unspecified atom stereocenters. The van der Waals surface area contributed by atoms with Gasteiger partial charge in [-0.25, -0.2) is 0 Å². The lowest BCUT2D eigenvalue weighted by Crippen LogP contribution is -2.53. The summed E-state index contributed by atoms with van der Waals surface area (Å²) in [6.07, 6.45) is 1.30. The molecule has 1 aliphatic heterocycles. The number of halogens is 1. The first-order valence-electron chi connectivity index (χ1n) is 7.94. The van der Waals surface area contributed by atoms with Gasteiger partial charge >= 0.3 is 0 Å². The zero-order chi connectivity index (χ0) is 17.6. The SMILES string of the molecule is COc1ccc(CNC(=O)C2(OC)CCNCC2)c(OC)c1OC.Cl. The molecule has 2 rings (SSSR count). The van der Waals surface area contributed by atoms with Gasteiger partial charge < -0.3 is 29.6 Å². The molecule has 7 nitrogen and oxygen atoms in total. The van der Waals surface area contributed by atoms with Gasteiger partial charge in [-0.15, -0.1) is 12.4 Å². The second-order valence-corrected chi connectivity index (χ2v) is 5.62. The van der Waals surface area contributed by atoms with Gasteiger partial charge in [0.25, 0.3) is 5.91 Å². The van der Waals surface area contributed by atoms with Gasteiger partial charge in [0.15, 0.2) is 11.5 Å². The minimum atomic E-state index is -0.769. The normalized spacial score (nSPS) is 15.7. The van der Waals surface area contributed by atoms with Gasteiger partial charge in [0, 0.05) is 19.2 Å². The van der Waals surface area contributed by atoms with Crippen LogP contribution < -0.4 is 24.8 Å². The van der Waals surface area contributed by atoms with Gasteiger partial charge in [-0.1, -0.05) is 0 Å². The van der Waals surface area contributed by atoms with Crippen LogP contribution in [0.1, 0.15) is 18.4 Å². The van der Waals surface area contributed by atoms with Crippen molar-refractivity contribution in [3.63, 3.8) is 0 Å². The maximum absolute atomic E-state index is 12.6. The smallest absolute Gasteiger partial charge is 0.252 e. The van der Waals surface area contributed by atoms with Crippen LogP contribution in [-0.4, -0.2) is 53.0 Å². The molecule has 0 bridgehead atoms. The van der Waals surface area contributed by atoms with Crippen LogP contribution in [-0.2, 0) is 16.1 Å². The van der Waals surface area contributed by atoms with E-state index in [0.717, 1.165) is 18.7 Å². The number of methoxy groups -OCH3 is 4. The first kappa shape index (κ1) is 21.3. The molecule has 0 spiro atoms. The Hall–Kier alpha value is -1.70. The summed E-state index contributed by atoms with van der Waals surface area (Å²) < 4.78 is 21.6. The van der Waals surface area contributed by atoms with Gasteiger partial charge in [0.05, 0.1) is 21.3 Å². The van der Waals surface area contributed by atoms with Gasteiger partial charge in [0.1, 0.15) is 5.60 Å². The summed E-state index contributed by atoms with van der Waals surface area (Å²) in [4.78, 5) is 12.6. The highest BCUT2D eigenvalue weighted by Gasteiger charge is 2.39. The fourth-order valence-electron chi connectivity index (χ4n) is 2.99. The number of hydrogen-bond donors (Lipinski definition) is 2. The molecule has 8 heteroatoms. The molecule has 1 saturated heterocycles. The van der Waals surface area contributed by atoms with Gasteiger partial charge in [-0.2, -0.15) is 0 Å². The molecule has 1 fully saturated rings. The van der Waals surface area contributed by atoms with E-state index in [1.165, 1.54) is 0 Å². The van der Waals surface area contributed by atoms with E-state index >= 15 is 0 Å². The van der Waals surface area contributed by atoms with Crippen LogP contribution in [0, 0.1) is 0 Å². The van der Waals surface area contributed by atoms with Crippen molar-refractivity contribution in [1.82, 2.24) is 10.6 Å². The predicted octanol–water partition coefficient (Wildman–Crippen LogP) is 1.52. The molecule has 1 aliphatic rings. The van der Waals surface area contributed by atoms with Crippen LogP contribution in [0.15, 0.2) is 12.1 Å². The van der Waals surface area contributed by atoms with Crippen LogP contribution in [0.4, 0.5) is 0 Å². The molecule has 2 N–H and O–H groups in total. The molecule has 0 atom stereocenters. The molecule has 1 aromatic carbocycles. The number of ether oxygens (including phenoxy) is 4. The molecular weight excluding hydrogens is 348 g/mol. The summed E-state index contributed by atoms with van der Waals surface area (Å²) in [5.74, 6) is 1.53. The van der Waals surface area contributed by atoms with Gasteiger partial charge in [-0.05, 0) is 38.1 Å². The van der Waals surface area contributed by atoms with Crippen molar-refractivity contribution in [2.75, 3.05) is 41.5 Å². The molecule has 1 aromatic rings. The maximum atomic E-state index is 12.6.